The van der Waals surface area contributed by atoms with Crippen molar-refractivity contribution in [3.63, 3.8) is 0 Å². The van der Waals surface area contributed by atoms with Gasteiger partial charge in [0.25, 0.3) is 5.91 Å². The summed E-state index contributed by atoms with van der Waals surface area (Å²) in [6, 6.07) is 6.19. The second kappa shape index (κ2) is 11.6. The van der Waals surface area contributed by atoms with Gasteiger partial charge >= 0.3 is 17.9 Å². The van der Waals surface area contributed by atoms with E-state index in [9.17, 15) is 34.5 Å². The van der Waals surface area contributed by atoms with E-state index in [1.54, 1.807) is 6.92 Å². The maximum Gasteiger partial charge on any atom is 0.347 e. The molecule has 3 aromatic rings. The monoisotopic (exact) mass is 553 g/mol. The largest absolute Gasteiger partial charge is 0.507 e. The quantitative estimate of drug-likeness (QED) is 0.203. The molecule has 0 bridgehead atoms. The van der Waals surface area contributed by atoms with Gasteiger partial charge in [-0.3, -0.25) is 9.59 Å². The zero-order chi connectivity index (χ0) is 29.9. The summed E-state index contributed by atoms with van der Waals surface area (Å²) in [5.41, 5.74) is 0.211. The van der Waals surface area contributed by atoms with Crippen LogP contribution in [0.25, 0.3) is 0 Å². The van der Waals surface area contributed by atoms with Crippen LogP contribution in [0.4, 0.5) is 0 Å². The van der Waals surface area contributed by atoms with Crippen LogP contribution in [0.3, 0.4) is 0 Å². The number of benzene rings is 3. The van der Waals surface area contributed by atoms with E-state index < -0.39 is 41.4 Å². The van der Waals surface area contributed by atoms with Gasteiger partial charge in [-0.05, 0) is 62.6 Å². The summed E-state index contributed by atoms with van der Waals surface area (Å²) >= 11 is 0. The minimum absolute atomic E-state index is 0.105. The summed E-state index contributed by atoms with van der Waals surface area (Å²) in [5, 5.41) is 42.3. The van der Waals surface area contributed by atoms with Crippen LogP contribution in [0.1, 0.15) is 54.7 Å². The van der Waals surface area contributed by atoms with E-state index in [-0.39, 0.29) is 45.1 Å². The molecular weight excluding hydrogens is 526 g/mol. The minimum Gasteiger partial charge on any atom is -0.507 e. The second-order valence-corrected chi connectivity index (χ2v) is 8.92. The van der Waals surface area contributed by atoms with Gasteiger partial charge in [-0.15, -0.1) is 0 Å². The van der Waals surface area contributed by atoms with Crippen LogP contribution < -0.4 is 19.5 Å². The molecule has 1 atom stereocenters. The first-order valence-corrected chi connectivity index (χ1v) is 11.8. The number of phenols is 3. The predicted octanol–water partition coefficient (Wildman–Crippen LogP) is 3.38. The smallest absolute Gasteiger partial charge is 0.347 e. The Balaban J connectivity index is 1.81. The third-order valence-corrected chi connectivity index (χ3v) is 5.87. The van der Waals surface area contributed by atoms with E-state index in [4.69, 9.17) is 19.3 Å². The highest BCUT2D eigenvalue weighted by Crippen LogP contribution is 2.33. The number of carbonyl (C=O) groups excluding carboxylic acids is 3. The number of amides is 1. The lowest BCUT2D eigenvalue weighted by atomic mass is 10.1. The number of carboxylic acid groups (broad SMARTS) is 1. The fourth-order valence-corrected chi connectivity index (χ4v) is 3.92. The number of esters is 2. The molecule has 5 N–H and O–H groups in total. The van der Waals surface area contributed by atoms with Crippen LogP contribution in [-0.2, 0) is 4.79 Å². The minimum atomic E-state index is -1.26. The van der Waals surface area contributed by atoms with Crippen LogP contribution >= 0.6 is 0 Å². The Morgan fingerprint density at radius 2 is 1.05 bits per heavy atom. The van der Waals surface area contributed by atoms with E-state index in [0.717, 1.165) is 12.1 Å². The van der Waals surface area contributed by atoms with Gasteiger partial charge in [0.05, 0.1) is 12.7 Å². The van der Waals surface area contributed by atoms with Crippen molar-refractivity contribution in [1.82, 2.24) is 5.32 Å². The molecule has 40 heavy (non-hydrogen) atoms. The van der Waals surface area contributed by atoms with E-state index in [1.165, 1.54) is 52.1 Å². The molecule has 210 valence electrons. The molecule has 0 aliphatic carbocycles. The highest BCUT2D eigenvalue weighted by atomic mass is 16.5. The number of carbonyl (C=O) groups is 4. The molecule has 0 fully saturated rings. The van der Waals surface area contributed by atoms with Crippen molar-refractivity contribution in [1.29, 1.82) is 0 Å². The number of hydrogen-bond acceptors (Lipinski definition) is 10. The number of carboxylic acids is 1. The molecule has 3 rings (SSSR count). The zero-order valence-electron chi connectivity index (χ0n) is 22.2. The summed E-state index contributed by atoms with van der Waals surface area (Å²) in [6.07, 6.45) is 0. The predicted molar refractivity (Wildman–Crippen MR) is 140 cm³/mol. The fraction of sp³-hybridized carbons (Fsp3) is 0.214. The van der Waals surface area contributed by atoms with Gasteiger partial charge in [-0.25, -0.2) is 9.59 Å². The van der Waals surface area contributed by atoms with Gasteiger partial charge in [0.2, 0.25) is 0 Å². The maximum atomic E-state index is 12.9. The van der Waals surface area contributed by atoms with Crippen LogP contribution in [-0.4, -0.2) is 57.4 Å². The number of phenolic OH excluding ortho intramolecular Hbond substituents is 3. The Labute approximate surface area is 228 Å². The number of methoxy groups -OCH3 is 1. The number of aromatic hydroxyl groups is 3. The first-order valence-electron chi connectivity index (χ1n) is 11.8. The maximum absolute atomic E-state index is 12.9. The third kappa shape index (κ3) is 6.23. The topological polar surface area (TPSA) is 189 Å². The van der Waals surface area contributed by atoms with Gasteiger partial charge in [0, 0.05) is 18.2 Å². The van der Waals surface area contributed by atoms with Crippen molar-refractivity contribution < 1.29 is 53.8 Å². The van der Waals surface area contributed by atoms with Gasteiger partial charge in [0.15, 0.2) is 0 Å². The van der Waals surface area contributed by atoms with Crippen LogP contribution in [0.2, 0.25) is 0 Å². The standard InChI is InChI=1S/C28H27NO11/c1-12-7-17(10-19(30)22(12)25(33)29-15(4)26(34)35)39-28(37)24-14(3)8-18(11-21(24)32)40-27(36)23-13(2)6-16(38-5)9-20(23)31/h6-11,15,30-32H,1-5H3,(H,29,33)(H,34,35). The number of rotatable bonds is 8. The summed E-state index contributed by atoms with van der Waals surface area (Å²) in [5.74, 6) is -5.40. The number of hydrogen-bond donors (Lipinski definition) is 5. The molecule has 1 amide bonds. The number of aryl methyl sites for hydroxylation is 3. The van der Waals surface area contributed by atoms with Crippen LogP contribution in [0.5, 0.6) is 34.5 Å². The lowest BCUT2D eigenvalue weighted by Gasteiger charge is -2.15. The molecule has 1 unspecified atom stereocenters. The van der Waals surface area contributed by atoms with Crippen molar-refractivity contribution in [2.75, 3.05) is 7.11 Å². The molecule has 12 nitrogen and oxygen atoms in total. The van der Waals surface area contributed by atoms with Crippen LogP contribution in [0.15, 0.2) is 36.4 Å². The van der Waals surface area contributed by atoms with Crippen LogP contribution in [0, 0.1) is 20.8 Å². The number of nitrogens with one attached hydrogen (secondary N) is 1. The molecule has 0 aliphatic heterocycles. The van der Waals surface area contributed by atoms with E-state index in [0.29, 0.717) is 11.3 Å². The zero-order valence-corrected chi connectivity index (χ0v) is 22.2. The summed E-state index contributed by atoms with van der Waals surface area (Å²) in [7, 11) is 1.41. The lowest BCUT2D eigenvalue weighted by molar-refractivity contribution is -0.138. The Morgan fingerprint density at radius 1 is 0.675 bits per heavy atom. The normalized spacial score (nSPS) is 11.3. The summed E-state index contributed by atoms with van der Waals surface area (Å²) < 4.78 is 15.6. The van der Waals surface area contributed by atoms with E-state index >= 15 is 0 Å². The second-order valence-electron chi connectivity index (χ2n) is 8.92. The van der Waals surface area contributed by atoms with Crippen molar-refractivity contribution in [3.8, 4) is 34.5 Å². The Bertz CT molecular complexity index is 1460. The average molecular weight is 554 g/mol. The summed E-state index contributed by atoms with van der Waals surface area (Å²) in [6.45, 7) is 5.75. The lowest BCUT2D eigenvalue weighted by Crippen LogP contribution is -2.38. The number of ether oxygens (including phenoxy) is 3. The van der Waals surface area contributed by atoms with Crippen molar-refractivity contribution in [2.24, 2.45) is 0 Å². The van der Waals surface area contributed by atoms with Crippen molar-refractivity contribution >= 4 is 23.8 Å². The molecule has 0 aromatic heterocycles. The van der Waals surface area contributed by atoms with Gasteiger partial charge in [-0.2, -0.15) is 0 Å². The average Bonchev–Trinajstić information content (AvgIpc) is 2.82. The first-order chi connectivity index (χ1) is 18.7. The Kier molecular flexibility index (Phi) is 8.53. The fourth-order valence-electron chi connectivity index (χ4n) is 3.92. The van der Waals surface area contributed by atoms with Crippen molar-refractivity contribution in [3.05, 3.63) is 69.8 Å². The molecule has 12 heteroatoms. The molecule has 0 radical (unpaired) electrons. The highest BCUT2D eigenvalue weighted by Gasteiger charge is 2.24. The molecular formula is C28H27NO11. The van der Waals surface area contributed by atoms with Gasteiger partial charge < -0.3 is 40.0 Å². The number of aliphatic carboxylic acids is 1. The highest BCUT2D eigenvalue weighted by molar-refractivity contribution is 6.01. The SMILES string of the molecule is COc1cc(C)c(C(=O)Oc2cc(C)c(C(=O)Oc3cc(C)c(C(=O)NC(C)C(=O)O)c(O)c3)c(O)c2)c(O)c1. The third-order valence-electron chi connectivity index (χ3n) is 5.87. The molecule has 0 aliphatic rings. The van der Waals surface area contributed by atoms with Gasteiger partial charge in [0.1, 0.15) is 51.7 Å². The molecule has 0 saturated carbocycles. The molecule has 3 aromatic carbocycles. The Morgan fingerprint density at radius 3 is 1.43 bits per heavy atom. The molecule has 0 spiro atoms. The van der Waals surface area contributed by atoms with E-state index in [1.807, 2.05) is 0 Å². The van der Waals surface area contributed by atoms with E-state index in [2.05, 4.69) is 5.32 Å². The summed E-state index contributed by atoms with van der Waals surface area (Å²) in [4.78, 5) is 48.9. The first kappa shape index (κ1) is 29.3. The molecule has 0 saturated heterocycles. The molecule has 0 heterocycles. The van der Waals surface area contributed by atoms with Gasteiger partial charge in [-0.1, -0.05) is 0 Å². The Hall–Kier alpha value is -5.26. The van der Waals surface area contributed by atoms with Crippen molar-refractivity contribution in [2.45, 2.75) is 33.7 Å².